The van der Waals surface area contributed by atoms with Crippen molar-refractivity contribution in [1.29, 1.82) is 0 Å². The molecular formula is C26H24F2N2O6. The Kier molecular flexibility index (Phi) is 8.93. The number of nitrogens with one attached hydrogen (secondary N) is 2. The fourth-order valence-electron chi connectivity index (χ4n) is 3.00. The van der Waals surface area contributed by atoms with E-state index in [2.05, 4.69) is 10.6 Å². The number of ether oxygens (including phenoxy) is 3. The quantitative estimate of drug-likeness (QED) is 0.413. The lowest BCUT2D eigenvalue weighted by molar-refractivity contribution is -0.124. The van der Waals surface area contributed by atoms with E-state index in [4.69, 9.17) is 14.2 Å². The van der Waals surface area contributed by atoms with E-state index in [0.29, 0.717) is 16.8 Å². The predicted octanol–water partition coefficient (Wildman–Crippen LogP) is 3.77. The molecule has 0 aliphatic rings. The van der Waals surface area contributed by atoms with Crippen LogP contribution in [0, 0.1) is 18.6 Å². The number of hydrogen-bond acceptors (Lipinski definition) is 6. The van der Waals surface area contributed by atoms with Gasteiger partial charge in [0.25, 0.3) is 11.8 Å². The van der Waals surface area contributed by atoms with E-state index in [0.717, 1.165) is 0 Å². The molecule has 0 radical (unpaired) electrons. The Morgan fingerprint density at radius 2 is 1.61 bits per heavy atom. The molecule has 0 saturated carbocycles. The highest BCUT2D eigenvalue weighted by Crippen LogP contribution is 2.28. The second-order valence-corrected chi connectivity index (χ2v) is 7.65. The second kappa shape index (κ2) is 12.3. The van der Waals surface area contributed by atoms with Crippen LogP contribution < -0.4 is 20.1 Å². The fraction of sp³-hybridized carbons (Fsp3) is 0.192. The second-order valence-electron chi connectivity index (χ2n) is 7.65. The molecule has 0 unspecified atom stereocenters. The van der Waals surface area contributed by atoms with Crippen LogP contribution in [-0.4, -0.2) is 38.1 Å². The summed E-state index contributed by atoms with van der Waals surface area (Å²) in [6.45, 7) is 0.833. The summed E-state index contributed by atoms with van der Waals surface area (Å²) in [5.74, 6) is -2.23. The van der Waals surface area contributed by atoms with E-state index in [1.165, 1.54) is 55.6 Å². The smallest absolute Gasteiger partial charge is 0.338 e. The zero-order valence-electron chi connectivity index (χ0n) is 19.6. The van der Waals surface area contributed by atoms with E-state index in [1.54, 1.807) is 19.1 Å². The number of carbonyl (C=O) groups excluding carboxylic acids is 3. The van der Waals surface area contributed by atoms with Gasteiger partial charge < -0.3 is 24.8 Å². The van der Waals surface area contributed by atoms with Gasteiger partial charge in [-0.05, 0) is 66.6 Å². The van der Waals surface area contributed by atoms with Gasteiger partial charge in [0.2, 0.25) is 0 Å². The Balaban J connectivity index is 1.49. The topological polar surface area (TPSA) is 103 Å². The Labute approximate surface area is 206 Å². The number of anilines is 1. The summed E-state index contributed by atoms with van der Waals surface area (Å²) in [6, 6.07) is 14.0. The van der Waals surface area contributed by atoms with Crippen LogP contribution in [0.15, 0.2) is 60.7 Å². The number of methoxy groups -OCH3 is 1. The number of rotatable bonds is 10. The molecule has 8 nitrogen and oxygen atoms in total. The van der Waals surface area contributed by atoms with Gasteiger partial charge in [0, 0.05) is 12.2 Å². The maximum Gasteiger partial charge on any atom is 0.338 e. The van der Waals surface area contributed by atoms with Crippen LogP contribution >= 0.6 is 0 Å². The molecule has 0 saturated heterocycles. The predicted molar refractivity (Wildman–Crippen MR) is 127 cm³/mol. The summed E-state index contributed by atoms with van der Waals surface area (Å²) in [5.41, 5.74) is 1.58. The van der Waals surface area contributed by atoms with Crippen molar-refractivity contribution in [3.8, 4) is 11.5 Å². The minimum absolute atomic E-state index is 0.0855. The average molecular weight is 498 g/mol. The normalized spacial score (nSPS) is 10.3. The molecule has 188 valence electrons. The van der Waals surface area contributed by atoms with Gasteiger partial charge in [0.05, 0.1) is 12.7 Å². The first kappa shape index (κ1) is 26.1. The molecule has 0 aliphatic carbocycles. The largest absolute Gasteiger partial charge is 0.493 e. The summed E-state index contributed by atoms with van der Waals surface area (Å²) in [7, 11) is 1.36. The first-order chi connectivity index (χ1) is 17.2. The van der Waals surface area contributed by atoms with Crippen molar-refractivity contribution in [2.45, 2.75) is 13.5 Å². The molecule has 2 N–H and O–H groups in total. The Hall–Kier alpha value is -4.47. The zero-order chi connectivity index (χ0) is 26.1. The number of aryl methyl sites for hydroxylation is 1. The zero-order valence-corrected chi connectivity index (χ0v) is 19.6. The number of carbonyl (C=O) groups is 3. The van der Waals surface area contributed by atoms with Crippen LogP contribution in [0.3, 0.4) is 0 Å². The summed E-state index contributed by atoms with van der Waals surface area (Å²) in [6.07, 6.45) is 0. The molecule has 2 amide bonds. The van der Waals surface area contributed by atoms with Gasteiger partial charge >= 0.3 is 5.97 Å². The molecule has 0 spiro atoms. The molecule has 3 rings (SSSR count). The number of halogens is 2. The first-order valence-electron chi connectivity index (χ1n) is 10.8. The van der Waals surface area contributed by atoms with Gasteiger partial charge in [-0.1, -0.05) is 12.1 Å². The lowest BCUT2D eigenvalue weighted by Crippen LogP contribution is -2.28. The first-order valence-corrected chi connectivity index (χ1v) is 10.8. The molecule has 0 heterocycles. The lowest BCUT2D eigenvalue weighted by atomic mass is 10.1. The molecule has 10 heteroatoms. The monoisotopic (exact) mass is 498 g/mol. The van der Waals surface area contributed by atoms with Crippen molar-refractivity contribution < 1.29 is 37.4 Å². The third kappa shape index (κ3) is 7.52. The van der Waals surface area contributed by atoms with Gasteiger partial charge in [0.1, 0.15) is 11.6 Å². The lowest BCUT2D eigenvalue weighted by Gasteiger charge is -2.12. The van der Waals surface area contributed by atoms with Crippen molar-refractivity contribution in [2.75, 3.05) is 25.6 Å². The molecule has 3 aromatic carbocycles. The van der Waals surface area contributed by atoms with Crippen LogP contribution in [-0.2, 0) is 20.9 Å². The van der Waals surface area contributed by atoms with Crippen LogP contribution in [0.2, 0.25) is 0 Å². The van der Waals surface area contributed by atoms with Crippen molar-refractivity contribution in [1.82, 2.24) is 5.32 Å². The van der Waals surface area contributed by atoms with Crippen LogP contribution in [0.4, 0.5) is 14.5 Å². The standard InChI is InChI=1S/C26H24F2N2O6/c1-16-3-4-17(11-21(16)28)13-29-24(31)14-36-26(33)18-5-10-22(23(12-18)34-2)35-15-25(32)30-20-8-6-19(27)7-9-20/h3-12H,13-15H2,1-2H3,(H,29,31)(H,30,32). The molecule has 0 bridgehead atoms. The van der Waals surface area contributed by atoms with E-state index in [9.17, 15) is 23.2 Å². The minimum atomic E-state index is -0.773. The average Bonchev–Trinajstić information content (AvgIpc) is 2.88. The van der Waals surface area contributed by atoms with Crippen molar-refractivity contribution >= 4 is 23.5 Å². The molecule has 36 heavy (non-hydrogen) atoms. The fourth-order valence-corrected chi connectivity index (χ4v) is 3.00. The number of esters is 1. The number of amides is 2. The molecule has 0 atom stereocenters. The van der Waals surface area contributed by atoms with Gasteiger partial charge in [-0.15, -0.1) is 0 Å². The molecule has 0 aromatic heterocycles. The van der Waals surface area contributed by atoms with Gasteiger partial charge in [0.15, 0.2) is 24.7 Å². The maximum atomic E-state index is 13.6. The molecule has 0 fully saturated rings. The summed E-state index contributed by atoms with van der Waals surface area (Å²) >= 11 is 0. The van der Waals surface area contributed by atoms with Gasteiger partial charge in [-0.2, -0.15) is 0 Å². The van der Waals surface area contributed by atoms with Crippen LogP contribution in [0.1, 0.15) is 21.5 Å². The molecular weight excluding hydrogens is 474 g/mol. The highest BCUT2D eigenvalue weighted by Gasteiger charge is 2.15. The van der Waals surface area contributed by atoms with Crippen molar-refractivity contribution in [2.24, 2.45) is 0 Å². The molecule has 3 aromatic rings. The van der Waals surface area contributed by atoms with Crippen LogP contribution in [0.5, 0.6) is 11.5 Å². The van der Waals surface area contributed by atoms with E-state index in [-0.39, 0.29) is 36.0 Å². The van der Waals surface area contributed by atoms with Crippen molar-refractivity contribution in [3.63, 3.8) is 0 Å². The van der Waals surface area contributed by atoms with E-state index < -0.39 is 30.2 Å². The summed E-state index contributed by atoms with van der Waals surface area (Å²) < 4.78 is 42.2. The Bertz CT molecular complexity index is 1250. The summed E-state index contributed by atoms with van der Waals surface area (Å²) in [4.78, 5) is 36.4. The highest BCUT2D eigenvalue weighted by molar-refractivity contribution is 5.93. The highest BCUT2D eigenvalue weighted by atomic mass is 19.1. The minimum Gasteiger partial charge on any atom is -0.493 e. The van der Waals surface area contributed by atoms with Crippen LogP contribution in [0.25, 0.3) is 0 Å². The van der Waals surface area contributed by atoms with Gasteiger partial charge in [-0.3, -0.25) is 9.59 Å². The third-order valence-corrected chi connectivity index (χ3v) is 4.95. The van der Waals surface area contributed by atoms with Gasteiger partial charge in [-0.25, -0.2) is 13.6 Å². The van der Waals surface area contributed by atoms with E-state index in [1.807, 2.05) is 0 Å². The number of benzene rings is 3. The molecule has 0 aliphatic heterocycles. The van der Waals surface area contributed by atoms with E-state index >= 15 is 0 Å². The summed E-state index contributed by atoms with van der Waals surface area (Å²) in [5, 5.41) is 5.11. The SMILES string of the molecule is COc1cc(C(=O)OCC(=O)NCc2ccc(C)c(F)c2)ccc1OCC(=O)Nc1ccc(F)cc1. The third-order valence-electron chi connectivity index (χ3n) is 4.95. The number of hydrogen-bond donors (Lipinski definition) is 2. The van der Waals surface area contributed by atoms with Crippen molar-refractivity contribution in [3.05, 3.63) is 89.0 Å². The maximum absolute atomic E-state index is 13.6. The Morgan fingerprint density at radius 1 is 0.861 bits per heavy atom. The Morgan fingerprint density at radius 3 is 2.31 bits per heavy atom.